The zero-order valence-electron chi connectivity index (χ0n) is 14.2. The van der Waals surface area contributed by atoms with Crippen LogP contribution in [0.3, 0.4) is 0 Å². The van der Waals surface area contributed by atoms with Crippen LogP contribution in [0.2, 0.25) is 0 Å². The van der Waals surface area contributed by atoms with Crippen LogP contribution in [0.25, 0.3) is 0 Å². The Morgan fingerprint density at radius 1 is 1.05 bits per heavy atom. The number of rotatable bonds is 4. The van der Waals surface area contributed by atoms with Gasteiger partial charge in [-0.15, -0.1) is 0 Å². The molecule has 0 aromatic heterocycles. The van der Waals surface area contributed by atoms with Crippen molar-refractivity contribution in [3.8, 4) is 0 Å². The van der Waals surface area contributed by atoms with Crippen LogP contribution >= 0.6 is 0 Å². The summed E-state index contributed by atoms with van der Waals surface area (Å²) in [5.41, 5.74) is 10.2. The highest BCUT2D eigenvalue weighted by Crippen LogP contribution is 2.71. The summed E-state index contributed by atoms with van der Waals surface area (Å²) in [6.07, 6.45) is 1.15. The summed E-state index contributed by atoms with van der Waals surface area (Å²) < 4.78 is 0. The third kappa shape index (κ3) is 2.20. The lowest BCUT2D eigenvalue weighted by atomic mass is 9.81. The molecule has 2 N–H and O–H groups in total. The normalized spacial score (nSPS) is 22.6. The number of hydrogen-bond acceptors (Lipinski definition) is 1. The summed E-state index contributed by atoms with van der Waals surface area (Å²) in [7, 11) is 0. The van der Waals surface area contributed by atoms with Crippen molar-refractivity contribution in [3.05, 3.63) is 35.4 Å². The van der Waals surface area contributed by atoms with Crippen LogP contribution in [-0.4, -0.2) is 0 Å². The molecule has 1 aromatic rings. The molecule has 1 aliphatic rings. The summed E-state index contributed by atoms with van der Waals surface area (Å²) in [6, 6.07) is 9.16. The van der Waals surface area contributed by atoms with Crippen LogP contribution < -0.4 is 5.73 Å². The van der Waals surface area contributed by atoms with Gasteiger partial charge >= 0.3 is 0 Å². The molecule has 0 aliphatic heterocycles. The van der Waals surface area contributed by atoms with E-state index >= 15 is 0 Å². The first-order valence-corrected chi connectivity index (χ1v) is 7.91. The molecule has 112 valence electrons. The van der Waals surface area contributed by atoms with Gasteiger partial charge in [0.15, 0.2) is 0 Å². The smallest absolute Gasteiger partial charge is 0.0334 e. The Kier molecular flexibility index (Phi) is 3.57. The minimum absolute atomic E-state index is 0.152. The summed E-state index contributed by atoms with van der Waals surface area (Å²) in [4.78, 5) is 0. The molecule has 2 rings (SSSR count). The Hall–Kier alpha value is -0.820. The number of hydrogen-bond donors (Lipinski definition) is 1. The van der Waals surface area contributed by atoms with Gasteiger partial charge in [0.25, 0.3) is 0 Å². The third-order valence-electron chi connectivity index (χ3n) is 6.45. The Balaban J connectivity index is 2.20. The zero-order valence-corrected chi connectivity index (χ0v) is 14.2. The highest BCUT2D eigenvalue weighted by atomic mass is 14.8. The molecule has 1 atom stereocenters. The van der Waals surface area contributed by atoms with Crippen LogP contribution in [0.5, 0.6) is 0 Å². The van der Waals surface area contributed by atoms with Crippen molar-refractivity contribution in [2.45, 2.75) is 66.3 Å². The van der Waals surface area contributed by atoms with Crippen molar-refractivity contribution in [1.82, 2.24) is 0 Å². The van der Waals surface area contributed by atoms with Gasteiger partial charge in [-0.3, -0.25) is 0 Å². The van der Waals surface area contributed by atoms with E-state index < -0.39 is 0 Å². The molecule has 1 aliphatic carbocycles. The molecule has 1 fully saturated rings. The average molecular weight is 273 g/mol. The van der Waals surface area contributed by atoms with E-state index in [1.807, 2.05) is 0 Å². The quantitative estimate of drug-likeness (QED) is 0.815. The van der Waals surface area contributed by atoms with Crippen LogP contribution in [0.4, 0.5) is 0 Å². The second kappa shape index (κ2) is 4.59. The molecule has 1 aromatic carbocycles. The van der Waals surface area contributed by atoms with Gasteiger partial charge in [0.2, 0.25) is 0 Å². The van der Waals surface area contributed by atoms with Crippen LogP contribution in [0.1, 0.15) is 72.1 Å². The van der Waals surface area contributed by atoms with Gasteiger partial charge in [-0.25, -0.2) is 0 Å². The van der Waals surface area contributed by atoms with Gasteiger partial charge < -0.3 is 5.73 Å². The first kappa shape index (κ1) is 15.6. The zero-order chi connectivity index (χ0) is 15.3. The monoisotopic (exact) mass is 273 g/mol. The molecule has 0 radical (unpaired) electrons. The maximum Gasteiger partial charge on any atom is 0.0334 e. The van der Waals surface area contributed by atoms with Crippen LogP contribution in [-0.2, 0) is 5.41 Å². The van der Waals surface area contributed by atoms with E-state index in [1.54, 1.807) is 0 Å². The predicted octanol–water partition coefficient (Wildman–Crippen LogP) is 5.06. The molecule has 1 unspecified atom stereocenters. The Labute approximate surface area is 125 Å². The minimum atomic E-state index is 0.152. The molecule has 0 spiro atoms. The van der Waals surface area contributed by atoms with Crippen molar-refractivity contribution in [2.75, 3.05) is 0 Å². The molecule has 1 nitrogen and oxygen atoms in total. The van der Waals surface area contributed by atoms with Crippen molar-refractivity contribution in [1.29, 1.82) is 0 Å². The van der Waals surface area contributed by atoms with Crippen LogP contribution in [0, 0.1) is 16.7 Å². The fourth-order valence-electron chi connectivity index (χ4n) is 3.70. The van der Waals surface area contributed by atoms with Crippen molar-refractivity contribution in [2.24, 2.45) is 22.5 Å². The molecule has 1 heteroatoms. The van der Waals surface area contributed by atoms with E-state index in [4.69, 9.17) is 5.73 Å². The second-order valence-corrected chi connectivity index (χ2v) is 8.31. The Morgan fingerprint density at radius 2 is 1.50 bits per heavy atom. The van der Waals surface area contributed by atoms with E-state index in [1.165, 1.54) is 11.1 Å². The number of benzene rings is 1. The number of nitrogens with two attached hydrogens (primary N) is 1. The topological polar surface area (TPSA) is 26.0 Å². The fourth-order valence-corrected chi connectivity index (χ4v) is 3.70. The summed E-state index contributed by atoms with van der Waals surface area (Å²) in [5.74, 6) is 0.569. The van der Waals surface area contributed by atoms with Crippen molar-refractivity contribution < 1.29 is 0 Å². The lowest BCUT2D eigenvalue weighted by Gasteiger charge is -2.24. The van der Waals surface area contributed by atoms with E-state index in [9.17, 15) is 0 Å². The van der Waals surface area contributed by atoms with E-state index in [-0.39, 0.29) is 11.5 Å². The third-order valence-corrected chi connectivity index (χ3v) is 6.45. The molecule has 0 bridgehead atoms. The molecule has 0 heterocycles. The molecule has 20 heavy (non-hydrogen) atoms. The molecule has 0 amide bonds. The van der Waals surface area contributed by atoms with Crippen LogP contribution in [0.15, 0.2) is 24.3 Å². The average Bonchev–Trinajstić information content (AvgIpc) is 2.79. The summed E-state index contributed by atoms with van der Waals surface area (Å²) >= 11 is 0. The van der Waals surface area contributed by atoms with Gasteiger partial charge in [0.05, 0.1) is 0 Å². The maximum absolute atomic E-state index is 6.54. The first-order valence-electron chi connectivity index (χ1n) is 7.91. The summed E-state index contributed by atoms with van der Waals surface area (Å²) in [6.45, 7) is 16.2. The van der Waals surface area contributed by atoms with Gasteiger partial charge in [-0.2, -0.15) is 0 Å². The Morgan fingerprint density at radius 3 is 1.85 bits per heavy atom. The van der Waals surface area contributed by atoms with Gasteiger partial charge in [0.1, 0.15) is 0 Å². The molecule has 1 saturated carbocycles. The largest absolute Gasteiger partial charge is 0.324 e. The van der Waals surface area contributed by atoms with Gasteiger partial charge in [0, 0.05) is 6.04 Å². The van der Waals surface area contributed by atoms with Crippen molar-refractivity contribution >= 4 is 0 Å². The van der Waals surface area contributed by atoms with E-state index in [0.29, 0.717) is 16.7 Å². The standard InChI is InChI=1S/C19H31N/c1-8-17(2,3)14-11-9-13(10-12-14)15(20)16-18(4,5)19(16,6)7/h9-12,15-16H,8,20H2,1-7H3. The first-order chi connectivity index (χ1) is 9.05. The highest BCUT2D eigenvalue weighted by molar-refractivity contribution is 5.32. The lowest BCUT2D eigenvalue weighted by Crippen LogP contribution is -2.18. The fraction of sp³-hybridized carbons (Fsp3) is 0.684. The second-order valence-electron chi connectivity index (χ2n) is 8.31. The predicted molar refractivity (Wildman–Crippen MR) is 87.7 cm³/mol. The molecular weight excluding hydrogens is 242 g/mol. The minimum Gasteiger partial charge on any atom is -0.324 e. The maximum atomic E-state index is 6.54. The van der Waals surface area contributed by atoms with Crippen molar-refractivity contribution in [3.63, 3.8) is 0 Å². The molecule has 0 saturated heterocycles. The van der Waals surface area contributed by atoms with E-state index in [2.05, 4.69) is 72.7 Å². The Bertz CT molecular complexity index is 465. The SMILES string of the molecule is CCC(C)(C)c1ccc(C(N)C2C(C)(C)C2(C)C)cc1. The molecular formula is C19H31N. The lowest BCUT2D eigenvalue weighted by molar-refractivity contribution is 0.457. The highest BCUT2D eigenvalue weighted by Gasteiger charge is 2.66. The van der Waals surface area contributed by atoms with Gasteiger partial charge in [-0.1, -0.05) is 72.7 Å². The van der Waals surface area contributed by atoms with E-state index in [0.717, 1.165) is 6.42 Å². The van der Waals surface area contributed by atoms with Gasteiger partial charge in [-0.05, 0) is 39.7 Å². The summed E-state index contributed by atoms with van der Waals surface area (Å²) in [5, 5.41) is 0.